The molecule has 0 amide bonds. The van der Waals surface area contributed by atoms with Gasteiger partial charge in [0.25, 0.3) is 0 Å². The van der Waals surface area contributed by atoms with Gasteiger partial charge in [0.2, 0.25) is 0 Å². The summed E-state index contributed by atoms with van der Waals surface area (Å²) in [7, 11) is 0. The van der Waals surface area contributed by atoms with Crippen LogP contribution in [0.5, 0.6) is 0 Å². The summed E-state index contributed by atoms with van der Waals surface area (Å²) in [6.07, 6.45) is 0. The third kappa shape index (κ3) is 1.51. The van der Waals surface area contributed by atoms with Gasteiger partial charge < -0.3 is 5.73 Å². The van der Waals surface area contributed by atoms with Gasteiger partial charge in [-0.05, 0) is 25.5 Å². The maximum absolute atomic E-state index is 5.84. The molecule has 0 spiro atoms. The van der Waals surface area contributed by atoms with Crippen LogP contribution in [0.1, 0.15) is 23.4 Å². The second-order valence-corrected chi connectivity index (χ2v) is 4.08. The Kier molecular flexibility index (Phi) is 2.34. The Bertz CT molecular complexity index is 210. The molecule has 1 aromatic heterocycles. The quantitative estimate of drug-likeness (QED) is 0.698. The minimum Gasteiger partial charge on any atom is -0.324 e. The van der Waals surface area contributed by atoms with Crippen LogP contribution in [0.3, 0.4) is 0 Å². The van der Waals surface area contributed by atoms with Gasteiger partial charge in [-0.25, -0.2) is 0 Å². The predicted octanol–water partition coefficient (Wildman–Crippen LogP) is 2.73. The summed E-state index contributed by atoms with van der Waals surface area (Å²) in [6.45, 7) is 3.95. The summed E-state index contributed by atoms with van der Waals surface area (Å²) in [6, 6.07) is 2.15. The van der Waals surface area contributed by atoms with E-state index in [1.165, 1.54) is 0 Å². The smallest absolute Gasteiger partial charge is 0.0960 e. The highest BCUT2D eigenvalue weighted by Crippen LogP contribution is 2.29. The highest BCUT2D eigenvalue weighted by molar-refractivity contribution is 7.16. The monoisotopic (exact) mass is 175 g/mol. The topological polar surface area (TPSA) is 26.0 Å². The van der Waals surface area contributed by atoms with E-state index in [9.17, 15) is 0 Å². The lowest BCUT2D eigenvalue weighted by Gasteiger charge is -1.96. The van der Waals surface area contributed by atoms with Crippen molar-refractivity contribution in [2.45, 2.75) is 19.9 Å². The molecule has 1 aromatic rings. The van der Waals surface area contributed by atoms with Gasteiger partial charge in [0.1, 0.15) is 0 Å². The Balaban J connectivity index is 2.98. The van der Waals surface area contributed by atoms with Crippen LogP contribution in [-0.2, 0) is 0 Å². The van der Waals surface area contributed by atoms with Crippen molar-refractivity contribution in [1.29, 1.82) is 0 Å². The zero-order chi connectivity index (χ0) is 7.72. The minimum absolute atomic E-state index is 0.108. The molecule has 0 fully saturated rings. The first-order chi connectivity index (χ1) is 4.61. The molecule has 0 unspecified atom stereocenters. The summed E-state index contributed by atoms with van der Waals surface area (Å²) < 4.78 is 0.854. The fourth-order valence-corrected chi connectivity index (χ4v) is 1.88. The summed E-state index contributed by atoms with van der Waals surface area (Å²) in [4.78, 5) is 1.16. The maximum Gasteiger partial charge on any atom is 0.0960 e. The van der Waals surface area contributed by atoms with Crippen molar-refractivity contribution >= 4 is 22.9 Å². The SMILES string of the molecule is Cc1cc([C@@H](C)N)sc1Cl. The molecular formula is C7H10ClNS. The molecule has 1 nitrogen and oxygen atoms in total. The molecule has 0 aliphatic heterocycles. The third-order valence-electron chi connectivity index (χ3n) is 1.33. The van der Waals surface area contributed by atoms with Gasteiger partial charge in [-0.3, -0.25) is 0 Å². The van der Waals surface area contributed by atoms with E-state index in [2.05, 4.69) is 0 Å². The molecule has 10 heavy (non-hydrogen) atoms. The molecule has 1 rings (SSSR count). The highest BCUT2D eigenvalue weighted by Gasteiger charge is 2.05. The number of hydrogen-bond donors (Lipinski definition) is 1. The molecular weight excluding hydrogens is 166 g/mol. The largest absolute Gasteiger partial charge is 0.324 e. The molecule has 0 saturated carbocycles. The minimum atomic E-state index is 0.108. The highest BCUT2D eigenvalue weighted by atomic mass is 35.5. The molecule has 0 aliphatic carbocycles. The summed E-state index contributed by atoms with van der Waals surface area (Å²) in [5.74, 6) is 0. The zero-order valence-electron chi connectivity index (χ0n) is 6.02. The third-order valence-corrected chi connectivity index (χ3v) is 3.08. The predicted molar refractivity (Wildman–Crippen MR) is 46.7 cm³/mol. The summed E-state index contributed by atoms with van der Waals surface area (Å²) >= 11 is 7.40. The van der Waals surface area contributed by atoms with Crippen LogP contribution >= 0.6 is 22.9 Å². The van der Waals surface area contributed by atoms with Gasteiger partial charge in [-0.15, -0.1) is 11.3 Å². The summed E-state index contributed by atoms with van der Waals surface area (Å²) in [5.41, 5.74) is 6.77. The zero-order valence-corrected chi connectivity index (χ0v) is 7.59. The first kappa shape index (κ1) is 8.05. The number of rotatable bonds is 1. The van der Waals surface area contributed by atoms with Gasteiger partial charge in [-0.1, -0.05) is 11.6 Å². The van der Waals surface area contributed by atoms with E-state index < -0.39 is 0 Å². The molecule has 0 aromatic carbocycles. The van der Waals surface area contributed by atoms with E-state index >= 15 is 0 Å². The lowest BCUT2D eigenvalue weighted by atomic mass is 10.2. The van der Waals surface area contributed by atoms with Crippen LogP contribution < -0.4 is 5.73 Å². The van der Waals surface area contributed by atoms with E-state index in [1.807, 2.05) is 19.9 Å². The molecule has 0 aliphatic rings. The van der Waals surface area contributed by atoms with E-state index in [0.717, 1.165) is 14.8 Å². The molecule has 0 bridgehead atoms. The van der Waals surface area contributed by atoms with Crippen LogP contribution in [0.25, 0.3) is 0 Å². The van der Waals surface area contributed by atoms with Crippen molar-refractivity contribution in [3.63, 3.8) is 0 Å². The number of nitrogens with two attached hydrogens (primary N) is 1. The fourth-order valence-electron chi connectivity index (χ4n) is 0.708. The maximum atomic E-state index is 5.84. The number of aryl methyl sites for hydroxylation is 1. The van der Waals surface area contributed by atoms with Crippen LogP contribution in [0.4, 0.5) is 0 Å². The van der Waals surface area contributed by atoms with Gasteiger partial charge in [0.15, 0.2) is 0 Å². The van der Waals surface area contributed by atoms with Gasteiger partial charge >= 0.3 is 0 Å². The van der Waals surface area contributed by atoms with E-state index in [-0.39, 0.29) is 6.04 Å². The van der Waals surface area contributed by atoms with E-state index in [1.54, 1.807) is 11.3 Å². The van der Waals surface area contributed by atoms with E-state index in [4.69, 9.17) is 17.3 Å². The molecule has 2 N–H and O–H groups in total. The average Bonchev–Trinajstić information content (AvgIpc) is 2.13. The lowest BCUT2D eigenvalue weighted by Crippen LogP contribution is -2.01. The van der Waals surface area contributed by atoms with Crippen LogP contribution in [0, 0.1) is 6.92 Å². The van der Waals surface area contributed by atoms with Gasteiger partial charge in [-0.2, -0.15) is 0 Å². The Morgan fingerprint density at radius 1 is 1.70 bits per heavy atom. The first-order valence-electron chi connectivity index (χ1n) is 3.12. The normalized spacial score (nSPS) is 13.6. The summed E-state index contributed by atoms with van der Waals surface area (Å²) in [5, 5.41) is 0. The number of halogens is 1. The van der Waals surface area contributed by atoms with Crippen LogP contribution in [0.15, 0.2) is 6.07 Å². The molecule has 3 heteroatoms. The Morgan fingerprint density at radius 3 is 2.50 bits per heavy atom. The lowest BCUT2D eigenvalue weighted by molar-refractivity contribution is 0.838. The molecule has 1 atom stereocenters. The van der Waals surface area contributed by atoms with Crippen molar-refractivity contribution in [2.24, 2.45) is 5.73 Å². The molecule has 0 saturated heterocycles. The van der Waals surface area contributed by atoms with Crippen molar-refractivity contribution in [3.05, 3.63) is 20.8 Å². The van der Waals surface area contributed by atoms with E-state index in [0.29, 0.717) is 0 Å². The Labute approximate surface area is 69.8 Å². The van der Waals surface area contributed by atoms with Crippen LogP contribution in [0.2, 0.25) is 4.34 Å². The van der Waals surface area contributed by atoms with Crippen molar-refractivity contribution < 1.29 is 0 Å². The average molecular weight is 176 g/mol. The molecule has 56 valence electrons. The second kappa shape index (κ2) is 2.91. The van der Waals surface area contributed by atoms with Crippen LogP contribution in [-0.4, -0.2) is 0 Å². The first-order valence-corrected chi connectivity index (χ1v) is 4.32. The fraction of sp³-hybridized carbons (Fsp3) is 0.429. The Morgan fingerprint density at radius 2 is 2.30 bits per heavy atom. The van der Waals surface area contributed by atoms with Crippen molar-refractivity contribution in [3.8, 4) is 0 Å². The second-order valence-electron chi connectivity index (χ2n) is 2.39. The number of thiophene rings is 1. The Hall–Kier alpha value is -0.0500. The molecule has 0 radical (unpaired) electrons. The molecule has 1 heterocycles. The van der Waals surface area contributed by atoms with Gasteiger partial charge in [0.05, 0.1) is 4.34 Å². The number of hydrogen-bond acceptors (Lipinski definition) is 2. The standard InChI is InChI=1S/C7H10ClNS/c1-4-3-6(5(2)9)10-7(4)8/h3,5H,9H2,1-2H3/t5-/m1/s1. The van der Waals surface area contributed by atoms with Crippen molar-refractivity contribution in [2.75, 3.05) is 0 Å². The van der Waals surface area contributed by atoms with Gasteiger partial charge in [0, 0.05) is 10.9 Å². The van der Waals surface area contributed by atoms with Crippen molar-refractivity contribution in [1.82, 2.24) is 0 Å².